The van der Waals surface area contributed by atoms with Crippen molar-refractivity contribution in [2.75, 3.05) is 33.3 Å². The smallest absolute Gasteiger partial charge is 0.210 e. The van der Waals surface area contributed by atoms with E-state index < -0.39 is 0 Å². The molecule has 1 aromatic carbocycles. The van der Waals surface area contributed by atoms with Gasteiger partial charge in [-0.15, -0.1) is 0 Å². The third kappa shape index (κ3) is 4.60. The molecule has 0 aliphatic rings. The summed E-state index contributed by atoms with van der Waals surface area (Å²) in [6.07, 6.45) is 0. The van der Waals surface area contributed by atoms with Crippen LogP contribution >= 0.6 is 0 Å². The van der Waals surface area contributed by atoms with Gasteiger partial charge in [-0.25, -0.2) is 10.8 Å². The molecule has 0 saturated carbocycles. The van der Waals surface area contributed by atoms with E-state index in [0.717, 1.165) is 0 Å². The number of nitrogens with zero attached hydrogens (tertiary/aromatic N) is 1. The molecular formula is C13H22N4O3. The summed E-state index contributed by atoms with van der Waals surface area (Å²) < 4.78 is 15.5. The van der Waals surface area contributed by atoms with Gasteiger partial charge in [0.25, 0.3) is 0 Å². The second-order valence-corrected chi connectivity index (χ2v) is 4.12. The number of rotatable bonds is 6. The summed E-state index contributed by atoms with van der Waals surface area (Å²) >= 11 is 0. The van der Waals surface area contributed by atoms with Crippen LogP contribution in [0.3, 0.4) is 0 Å². The first-order chi connectivity index (χ1) is 9.64. The van der Waals surface area contributed by atoms with E-state index in [1.165, 1.54) is 0 Å². The van der Waals surface area contributed by atoms with Crippen LogP contribution in [0.25, 0.3) is 0 Å². The molecule has 1 unspecified atom stereocenters. The normalized spacial score (nSPS) is 12.8. The van der Waals surface area contributed by atoms with Crippen LogP contribution in [0.2, 0.25) is 0 Å². The van der Waals surface area contributed by atoms with Crippen molar-refractivity contribution in [3.05, 3.63) is 18.2 Å². The second kappa shape index (κ2) is 8.23. The number of hydrazine groups is 1. The Kier molecular flexibility index (Phi) is 6.61. The van der Waals surface area contributed by atoms with Crippen LogP contribution in [-0.4, -0.2) is 39.9 Å². The number of methoxy groups -OCH3 is 3. The molecule has 1 atom stereocenters. The maximum atomic E-state index is 5.47. The monoisotopic (exact) mass is 282 g/mol. The zero-order valence-corrected chi connectivity index (χ0v) is 12.3. The van der Waals surface area contributed by atoms with Crippen LogP contribution in [0.15, 0.2) is 23.2 Å². The molecule has 1 rings (SSSR count). The summed E-state index contributed by atoms with van der Waals surface area (Å²) in [4.78, 5) is 4.36. The Morgan fingerprint density at radius 3 is 2.60 bits per heavy atom. The average Bonchev–Trinajstić information content (AvgIpc) is 2.46. The molecule has 20 heavy (non-hydrogen) atoms. The van der Waals surface area contributed by atoms with Gasteiger partial charge in [-0.3, -0.25) is 5.43 Å². The third-order valence-electron chi connectivity index (χ3n) is 2.55. The SMILES string of the molecule is COCC(C)N=C(NN)Nc1cc(OC)ccc1OC. The van der Waals surface area contributed by atoms with Crippen molar-refractivity contribution in [1.82, 2.24) is 5.43 Å². The summed E-state index contributed by atoms with van der Waals surface area (Å²) in [6, 6.07) is 5.38. The Hall–Kier alpha value is -1.99. The van der Waals surface area contributed by atoms with Crippen LogP contribution in [0, 0.1) is 0 Å². The van der Waals surface area contributed by atoms with Crippen LogP contribution < -0.4 is 26.1 Å². The molecule has 4 N–H and O–H groups in total. The lowest BCUT2D eigenvalue weighted by Crippen LogP contribution is -2.37. The van der Waals surface area contributed by atoms with E-state index in [-0.39, 0.29) is 6.04 Å². The van der Waals surface area contributed by atoms with Gasteiger partial charge in [0.1, 0.15) is 11.5 Å². The minimum atomic E-state index is -0.0323. The first kappa shape index (κ1) is 16.1. The van der Waals surface area contributed by atoms with Gasteiger partial charge in [-0.05, 0) is 19.1 Å². The molecule has 0 radical (unpaired) electrons. The topological polar surface area (TPSA) is 90.1 Å². The number of aliphatic imine (C=N–C) groups is 1. The van der Waals surface area contributed by atoms with Crippen molar-refractivity contribution >= 4 is 11.6 Å². The predicted octanol–water partition coefficient (Wildman–Crippen LogP) is 0.970. The molecule has 7 nitrogen and oxygen atoms in total. The Morgan fingerprint density at radius 1 is 1.30 bits per heavy atom. The summed E-state index contributed by atoms with van der Waals surface area (Å²) in [6.45, 7) is 2.42. The standard InChI is InChI=1S/C13H22N4O3/c1-9(8-18-2)15-13(17-14)16-11-7-10(19-3)5-6-12(11)20-4/h5-7,9H,8,14H2,1-4H3,(H2,15,16,17). The molecule has 0 aliphatic carbocycles. The van der Waals surface area contributed by atoms with Gasteiger partial charge in [-0.2, -0.15) is 0 Å². The molecule has 112 valence electrons. The predicted molar refractivity (Wildman–Crippen MR) is 79.3 cm³/mol. The summed E-state index contributed by atoms with van der Waals surface area (Å²) in [5, 5.41) is 3.07. The fourth-order valence-corrected chi connectivity index (χ4v) is 1.64. The van der Waals surface area contributed by atoms with Crippen molar-refractivity contribution in [3.63, 3.8) is 0 Å². The number of nitrogens with one attached hydrogen (secondary N) is 2. The van der Waals surface area contributed by atoms with E-state index in [9.17, 15) is 0 Å². The van der Waals surface area contributed by atoms with Crippen molar-refractivity contribution in [3.8, 4) is 11.5 Å². The molecule has 0 aromatic heterocycles. The number of anilines is 1. The molecule has 0 bridgehead atoms. The van der Waals surface area contributed by atoms with Crippen LogP contribution in [0.1, 0.15) is 6.92 Å². The Balaban J connectivity index is 2.93. The minimum absolute atomic E-state index is 0.0323. The molecular weight excluding hydrogens is 260 g/mol. The number of benzene rings is 1. The molecule has 0 amide bonds. The lowest BCUT2D eigenvalue weighted by molar-refractivity contribution is 0.185. The van der Waals surface area contributed by atoms with Crippen LogP contribution in [0.4, 0.5) is 5.69 Å². The van der Waals surface area contributed by atoms with Gasteiger partial charge < -0.3 is 19.5 Å². The van der Waals surface area contributed by atoms with Crippen molar-refractivity contribution in [1.29, 1.82) is 0 Å². The first-order valence-corrected chi connectivity index (χ1v) is 6.17. The fraction of sp³-hybridized carbons (Fsp3) is 0.462. The van der Waals surface area contributed by atoms with Gasteiger partial charge in [0.2, 0.25) is 5.96 Å². The minimum Gasteiger partial charge on any atom is -0.497 e. The van der Waals surface area contributed by atoms with Crippen molar-refractivity contribution in [2.24, 2.45) is 10.8 Å². The maximum absolute atomic E-state index is 5.47. The van der Waals surface area contributed by atoms with Gasteiger partial charge in [0.15, 0.2) is 0 Å². The number of ether oxygens (including phenoxy) is 3. The molecule has 0 aliphatic heterocycles. The lowest BCUT2D eigenvalue weighted by atomic mass is 10.2. The van der Waals surface area contributed by atoms with E-state index in [1.807, 2.05) is 13.0 Å². The summed E-state index contributed by atoms with van der Waals surface area (Å²) in [7, 11) is 4.82. The Bertz CT molecular complexity index is 451. The van der Waals surface area contributed by atoms with Gasteiger partial charge in [0, 0.05) is 13.2 Å². The quantitative estimate of drug-likeness (QED) is 0.312. The number of nitrogens with two attached hydrogens (primary N) is 1. The largest absolute Gasteiger partial charge is 0.497 e. The van der Waals surface area contributed by atoms with Crippen molar-refractivity contribution in [2.45, 2.75) is 13.0 Å². The number of hydrogen-bond donors (Lipinski definition) is 3. The average molecular weight is 282 g/mol. The highest BCUT2D eigenvalue weighted by Gasteiger charge is 2.08. The first-order valence-electron chi connectivity index (χ1n) is 6.17. The van der Waals surface area contributed by atoms with Gasteiger partial charge >= 0.3 is 0 Å². The molecule has 0 fully saturated rings. The zero-order chi connectivity index (χ0) is 15.0. The van der Waals surface area contributed by atoms with E-state index in [2.05, 4.69) is 15.7 Å². The second-order valence-electron chi connectivity index (χ2n) is 4.12. The van der Waals surface area contributed by atoms with Gasteiger partial charge in [0.05, 0.1) is 32.6 Å². The summed E-state index contributed by atoms with van der Waals surface area (Å²) in [5.74, 6) is 7.25. The number of hydrogen-bond acceptors (Lipinski definition) is 5. The molecule has 7 heteroatoms. The highest BCUT2D eigenvalue weighted by atomic mass is 16.5. The van der Waals surface area contributed by atoms with Crippen molar-refractivity contribution < 1.29 is 14.2 Å². The zero-order valence-electron chi connectivity index (χ0n) is 12.3. The molecule has 0 saturated heterocycles. The highest BCUT2D eigenvalue weighted by Crippen LogP contribution is 2.28. The van der Waals surface area contributed by atoms with Crippen LogP contribution in [-0.2, 0) is 4.74 Å². The maximum Gasteiger partial charge on any atom is 0.210 e. The fourth-order valence-electron chi connectivity index (χ4n) is 1.64. The lowest BCUT2D eigenvalue weighted by Gasteiger charge is -2.15. The number of guanidine groups is 1. The Morgan fingerprint density at radius 2 is 2.05 bits per heavy atom. The van der Waals surface area contributed by atoms with E-state index in [1.54, 1.807) is 33.5 Å². The third-order valence-corrected chi connectivity index (χ3v) is 2.55. The Labute approximate surface area is 119 Å². The highest BCUT2D eigenvalue weighted by molar-refractivity contribution is 5.94. The molecule has 1 aromatic rings. The molecule has 0 heterocycles. The van der Waals surface area contributed by atoms with E-state index in [4.69, 9.17) is 20.1 Å². The summed E-state index contributed by atoms with van der Waals surface area (Å²) in [5.41, 5.74) is 3.22. The van der Waals surface area contributed by atoms with E-state index >= 15 is 0 Å². The van der Waals surface area contributed by atoms with Gasteiger partial charge in [-0.1, -0.05) is 0 Å². The van der Waals surface area contributed by atoms with E-state index in [0.29, 0.717) is 29.8 Å². The molecule has 0 spiro atoms. The van der Waals surface area contributed by atoms with Crippen LogP contribution in [0.5, 0.6) is 11.5 Å².